The van der Waals surface area contributed by atoms with E-state index >= 15 is 0 Å². The molecule has 0 saturated carbocycles. The Hall–Kier alpha value is -2.96. The van der Waals surface area contributed by atoms with Gasteiger partial charge in [0.05, 0.1) is 11.2 Å². The fourth-order valence-electron chi connectivity index (χ4n) is 1.50. The number of hydrogen-bond acceptors (Lipinski definition) is 5. The van der Waals surface area contributed by atoms with Crippen molar-refractivity contribution in [1.29, 1.82) is 0 Å². The number of nitro groups is 1. The second-order valence-corrected chi connectivity index (χ2v) is 3.92. The van der Waals surface area contributed by atoms with Crippen molar-refractivity contribution in [3.63, 3.8) is 0 Å². The molecule has 1 aromatic heterocycles. The van der Waals surface area contributed by atoms with Gasteiger partial charge in [-0.05, 0) is 25.1 Å². The van der Waals surface area contributed by atoms with Gasteiger partial charge in [-0.1, -0.05) is 6.07 Å². The Morgan fingerprint density at radius 3 is 2.80 bits per heavy atom. The second kappa shape index (κ2) is 5.79. The van der Waals surface area contributed by atoms with E-state index in [1.807, 2.05) is 0 Å². The van der Waals surface area contributed by atoms with Crippen molar-refractivity contribution >= 4 is 17.3 Å². The number of amides is 1. The average Bonchev–Trinajstić information content (AvgIpc) is 2.98. The third kappa shape index (κ3) is 3.08. The number of nitro benzene ring substituents is 1. The van der Waals surface area contributed by atoms with Gasteiger partial charge >= 0.3 is 0 Å². The Morgan fingerprint density at radius 1 is 1.35 bits per heavy atom. The number of rotatable bonds is 4. The van der Waals surface area contributed by atoms with E-state index in [9.17, 15) is 14.9 Å². The fraction of sp³-hybridized carbons (Fsp3) is 0.0769. The Bertz CT molecular complexity index is 662. The van der Waals surface area contributed by atoms with E-state index in [4.69, 9.17) is 4.42 Å². The van der Waals surface area contributed by atoms with Crippen molar-refractivity contribution in [2.45, 2.75) is 6.92 Å². The van der Waals surface area contributed by atoms with Gasteiger partial charge in [0.25, 0.3) is 11.6 Å². The first-order valence-electron chi connectivity index (χ1n) is 5.71. The first kappa shape index (κ1) is 13.5. The minimum absolute atomic E-state index is 0.149. The fourth-order valence-corrected chi connectivity index (χ4v) is 1.50. The maximum absolute atomic E-state index is 11.8. The molecular formula is C13H11N3O4. The topological polar surface area (TPSA) is 97.7 Å². The van der Waals surface area contributed by atoms with Gasteiger partial charge in [-0.15, -0.1) is 0 Å². The summed E-state index contributed by atoms with van der Waals surface area (Å²) in [5, 5.41) is 14.5. The highest BCUT2D eigenvalue weighted by Crippen LogP contribution is 2.12. The number of carbonyl (C=O) groups excluding carboxylic acids is 1. The summed E-state index contributed by atoms with van der Waals surface area (Å²) >= 11 is 0. The molecule has 1 heterocycles. The standard InChI is InChI=1S/C13H11N3O4/c1-9(12-6-3-7-20-12)14-15-13(17)10-4-2-5-11(8-10)16(18)19/h2-8H,1H3,(H,15,17). The van der Waals surface area contributed by atoms with Crippen LogP contribution in [0, 0.1) is 10.1 Å². The van der Waals surface area contributed by atoms with Crippen LogP contribution >= 0.6 is 0 Å². The van der Waals surface area contributed by atoms with E-state index in [0.29, 0.717) is 11.5 Å². The number of hydrogen-bond donors (Lipinski definition) is 1. The van der Waals surface area contributed by atoms with E-state index < -0.39 is 10.8 Å². The van der Waals surface area contributed by atoms with Crippen LogP contribution in [0.5, 0.6) is 0 Å². The molecule has 0 fully saturated rings. The van der Waals surface area contributed by atoms with Crippen molar-refractivity contribution in [1.82, 2.24) is 5.43 Å². The normalized spacial score (nSPS) is 11.2. The van der Waals surface area contributed by atoms with Gasteiger partial charge in [0.15, 0.2) is 0 Å². The van der Waals surface area contributed by atoms with Gasteiger partial charge in [0, 0.05) is 17.7 Å². The van der Waals surface area contributed by atoms with E-state index in [0.717, 1.165) is 0 Å². The van der Waals surface area contributed by atoms with Crippen LogP contribution in [0.25, 0.3) is 0 Å². The summed E-state index contributed by atoms with van der Waals surface area (Å²) in [6.45, 7) is 1.67. The number of nitrogens with zero attached hydrogens (tertiary/aromatic N) is 2. The maximum Gasteiger partial charge on any atom is 0.271 e. The molecule has 7 heteroatoms. The lowest BCUT2D eigenvalue weighted by molar-refractivity contribution is -0.384. The molecular weight excluding hydrogens is 262 g/mol. The lowest BCUT2D eigenvalue weighted by atomic mass is 10.2. The van der Waals surface area contributed by atoms with E-state index in [1.54, 1.807) is 19.1 Å². The van der Waals surface area contributed by atoms with Gasteiger partial charge in [-0.25, -0.2) is 5.43 Å². The van der Waals surface area contributed by atoms with Crippen LogP contribution in [0.3, 0.4) is 0 Å². The number of hydrazone groups is 1. The van der Waals surface area contributed by atoms with Crippen molar-refractivity contribution in [2.24, 2.45) is 5.10 Å². The number of benzene rings is 1. The molecule has 1 amide bonds. The predicted molar refractivity (Wildman–Crippen MR) is 71.5 cm³/mol. The van der Waals surface area contributed by atoms with Crippen LogP contribution < -0.4 is 5.43 Å². The lowest BCUT2D eigenvalue weighted by Gasteiger charge is -2.01. The highest BCUT2D eigenvalue weighted by Gasteiger charge is 2.11. The number of carbonyl (C=O) groups is 1. The summed E-state index contributed by atoms with van der Waals surface area (Å²) in [6, 6.07) is 8.83. The summed E-state index contributed by atoms with van der Waals surface area (Å²) in [5.41, 5.74) is 2.83. The van der Waals surface area contributed by atoms with Crippen LogP contribution in [0.4, 0.5) is 5.69 Å². The maximum atomic E-state index is 11.8. The van der Waals surface area contributed by atoms with E-state index in [-0.39, 0.29) is 11.3 Å². The molecule has 0 aliphatic rings. The summed E-state index contributed by atoms with van der Waals surface area (Å²) in [7, 11) is 0. The Balaban J connectivity index is 2.11. The van der Waals surface area contributed by atoms with Crippen molar-refractivity contribution in [3.8, 4) is 0 Å². The van der Waals surface area contributed by atoms with Gasteiger partial charge in [-0.3, -0.25) is 14.9 Å². The number of nitrogens with one attached hydrogen (secondary N) is 1. The molecule has 1 N–H and O–H groups in total. The van der Waals surface area contributed by atoms with Gasteiger partial charge in [0.2, 0.25) is 0 Å². The molecule has 1 aromatic carbocycles. The molecule has 0 unspecified atom stereocenters. The first-order valence-corrected chi connectivity index (χ1v) is 5.71. The predicted octanol–water partition coefficient (Wildman–Crippen LogP) is 2.34. The molecule has 2 aromatic rings. The molecule has 0 atom stereocenters. The molecule has 102 valence electrons. The van der Waals surface area contributed by atoms with E-state index in [2.05, 4.69) is 10.5 Å². The molecule has 7 nitrogen and oxygen atoms in total. The lowest BCUT2D eigenvalue weighted by Crippen LogP contribution is -2.19. The third-order valence-electron chi connectivity index (χ3n) is 2.52. The Morgan fingerprint density at radius 2 is 2.15 bits per heavy atom. The van der Waals surface area contributed by atoms with Crippen LogP contribution in [-0.2, 0) is 0 Å². The highest BCUT2D eigenvalue weighted by molar-refractivity contribution is 5.99. The molecule has 0 spiro atoms. The zero-order valence-corrected chi connectivity index (χ0v) is 10.6. The zero-order chi connectivity index (χ0) is 14.5. The quantitative estimate of drug-likeness (QED) is 0.525. The monoisotopic (exact) mass is 273 g/mol. The average molecular weight is 273 g/mol. The number of non-ortho nitro benzene ring substituents is 1. The van der Waals surface area contributed by atoms with Gasteiger partial charge in [0.1, 0.15) is 11.5 Å². The van der Waals surface area contributed by atoms with Crippen molar-refractivity contribution in [3.05, 3.63) is 64.1 Å². The molecule has 0 aliphatic heterocycles. The van der Waals surface area contributed by atoms with Crippen LogP contribution in [0.2, 0.25) is 0 Å². The van der Waals surface area contributed by atoms with Gasteiger partial charge in [-0.2, -0.15) is 5.10 Å². The smallest absolute Gasteiger partial charge is 0.271 e. The largest absolute Gasteiger partial charge is 0.463 e. The minimum Gasteiger partial charge on any atom is -0.463 e. The summed E-state index contributed by atoms with van der Waals surface area (Å²) in [5.74, 6) is 0.00366. The summed E-state index contributed by atoms with van der Waals surface area (Å²) in [4.78, 5) is 21.9. The first-order chi connectivity index (χ1) is 9.58. The van der Waals surface area contributed by atoms with Crippen LogP contribution in [0.15, 0.2) is 52.2 Å². The summed E-state index contributed by atoms with van der Waals surface area (Å²) in [6.07, 6.45) is 1.50. The van der Waals surface area contributed by atoms with Gasteiger partial charge < -0.3 is 4.42 Å². The molecule has 20 heavy (non-hydrogen) atoms. The van der Waals surface area contributed by atoms with Crippen LogP contribution in [-0.4, -0.2) is 16.5 Å². The molecule has 0 aliphatic carbocycles. The molecule has 0 bridgehead atoms. The third-order valence-corrected chi connectivity index (χ3v) is 2.52. The van der Waals surface area contributed by atoms with Crippen LogP contribution in [0.1, 0.15) is 23.0 Å². The van der Waals surface area contributed by atoms with Crippen molar-refractivity contribution in [2.75, 3.05) is 0 Å². The van der Waals surface area contributed by atoms with Crippen molar-refractivity contribution < 1.29 is 14.1 Å². The zero-order valence-electron chi connectivity index (χ0n) is 10.6. The molecule has 0 saturated heterocycles. The molecule has 2 rings (SSSR count). The Labute approximate surface area is 114 Å². The summed E-state index contributed by atoms with van der Waals surface area (Å²) < 4.78 is 5.11. The second-order valence-electron chi connectivity index (χ2n) is 3.92. The minimum atomic E-state index is -0.561. The number of furan rings is 1. The highest BCUT2D eigenvalue weighted by atomic mass is 16.6. The molecule has 0 radical (unpaired) electrons. The Kier molecular flexibility index (Phi) is 3.90. The SMILES string of the molecule is CC(=NNC(=O)c1cccc([N+](=O)[O-])c1)c1ccco1. The van der Waals surface area contributed by atoms with E-state index in [1.165, 1.54) is 30.5 Å².